The van der Waals surface area contributed by atoms with Crippen molar-refractivity contribution >= 4 is 5.82 Å². The smallest absolute Gasteiger partial charge is 0.128 e. The zero-order chi connectivity index (χ0) is 17.4. The highest BCUT2D eigenvalue weighted by Crippen LogP contribution is 2.37. The first kappa shape index (κ1) is 15.8. The van der Waals surface area contributed by atoms with Gasteiger partial charge in [-0.3, -0.25) is 4.68 Å². The van der Waals surface area contributed by atoms with Crippen molar-refractivity contribution in [2.24, 2.45) is 7.05 Å². The van der Waals surface area contributed by atoms with E-state index in [0.29, 0.717) is 12.1 Å². The summed E-state index contributed by atoms with van der Waals surface area (Å²) in [4.78, 5) is 2.11. The number of benzene rings is 1. The summed E-state index contributed by atoms with van der Waals surface area (Å²) in [5.74, 6) is 0.138. The second-order valence-corrected chi connectivity index (χ2v) is 6.39. The Hall–Kier alpha value is -2.70. The molecular weight excluding hydrogens is 324 g/mol. The van der Waals surface area contributed by atoms with E-state index in [-0.39, 0.29) is 11.9 Å². The molecule has 2 aromatic heterocycles. The first-order chi connectivity index (χ1) is 12.1. The maximum Gasteiger partial charge on any atom is 0.128 e. The average Bonchev–Trinajstić information content (AvgIpc) is 3.31. The Morgan fingerprint density at radius 1 is 1.20 bits per heavy atom. The highest BCUT2D eigenvalue weighted by molar-refractivity contribution is 5.45. The molecule has 7 heteroatoms. The molecule has 1 saturated heterocycles. The van der Waals surface area contributed by atoms with E-state index in [0.717, 1.165) is 36.8 Å². The van der Waals surface area contributed by atoms with Gasteiger partial charge in [0.2, 0.25) is 0 Å². The zero-order valence-corrected chi connectivity index (χ0v) is 13.9. The van der Waals surface area contributed by atoms with Crippen LogP contribution < -0.4 is 4.90 Å². The molecule has 0 saturated carbocycles. The van der Waals surface area contributed by atoms with Crippen LogP contribution in [-0.4, -0.2) is 26.1 Å². The third-order valence-electron chi connectivity index (χ3n) is 4.65. The molecular formula is C18H19F2N5. The lowest BCUT2D eigenvalue weighted by Gasteiger charge is -2.27. The lowest BCUT2D eigenvalue weighted by molar-refractivity contribution is 0.555. The molecule has 1 atom stereocenters. The number of hydrogen-bond donors (Lipinski definition) is 0. The minimum Gasteiger partial charge on any atom is -0.350 e. The molecule has 0 bridgehead atoms. The van der Waals surface area contributed by atoms with Crippen LogP contribution in [-0.2, 0) is 13.6 Å². The average molecular weight is 343 g/mol. The summed E-state index contributed by atoms with van der Waals surface area (Å²) in [6.45, 7) is 1.38. The molecule has 4 rings (SSSR count). The summed E-state index contributed by atoms with van der Waals surface area (Å²) in [5.41, 5.74) is 1.45. The van der Waals surface area contributed by atoms with Crippen LogP contribution in [0.1, 0.15) is 30.0 Å². The Bertz CT molecular complexity index is 885. The first-order valence-electron chi connectivity index (χ1n) is 8.33. The van der Waals surface area contributed by atoms with Crippen molar-refractivity contribution in [1.82, 2.24) is 19.6 Å². The minimum absolute atomic E-state index is 0.181. The van der Waals surface area contributed by atoms with Gasteiger partial charge in [0.1, 0.15) is 17.5 Å². The van der Waals surface area contributed by atoms with Gasteiger partial charge in [-0.2, -0.15) is 10.2 Å². The second kappa shape index (κ2) is 6.31. The molecule has 5 nitrogen and oxygen atoms in total. The van der Waals surface area contributed by atoms with Crippen LogP contribution in [0.25, 0.3) is 0 Å². The topological polar surface area (TPSA) is 38.9 Å². The Morgan fingerprint density at radius 2 is 2.08 bits per heavy atom. The predicted molar refractivity (Wildman–Crippen MR) is 90.2 cm³/mol. The molecule has 1 unspecified atom stereocenters. The van der Waals surface area contributed by atoms with Crippen LogP contribution in [0.3, 0.4) is 0 Å². The number of rotatable bonds is 4. The minimum atomic E-state index is -0.410. The van der Waals surface area contributed by atoms with Crippen LogP contribution in [0.15, 0.2) is 42.9 Å². The van der Waals surface area contributed by atoms with Gasteiger partial charge in [-0.05, 0) is 31.0 Å². The van der Waals surface area contributed by atoms with Crippen molar-refractivity contribution in [2.75, 3.05) is 11.4 Å². The molecule has 0 radical (unpaired) electrons. The van der Waals surface area contributed by atoms with Gasteiger partial charge in [0.25, 0.3) is 0 Å². The van der Waals surface area contributed by atoms with E-state index < -0.39 is 5.82 Å². The van der Waals surface area contributed by atoms with E-state index in [1.54, 1.807) is 17.1 Å². The third-order valence-corrected chi connectivity index (χ3v) is 4.65. The van der Waals surface area contributed by atoms with Crippen molar-refractivity contribution in [3.8, 4) is 0 Å². The molecule has 1 aromatic carbocycles. The fraction of sp³-hybridized carbons (Fsp3) is 0.333. The summed E-state index contributed by atoms with van der Waals surface area (Å²) >= 11 is 0. The summed E-state index contributed by atoms with van der Waals surface area (Å²) in [6, 6.07) is 5.41. The van der Waals surface area contributed by atoms with Gasteiger partial charge in [-0.1, -0.05) is 0 Å². The molecule has 25 heavy (non-hydrogen) atoms. The van der Waals surface area contributed by atoms with Crippen LogP contribution >= 0.6 is 0 Å². The highest BCUT2D eigenvalue weighted by Gasteiger charge is 2.30. The van der Waals surface area contributed by atoms with Crippen LogP contribution in [0.4, 0.5) is 14.6 Å². The van der Waals surface area contributed by atoms with Crippen molar-refractivity contribution in [2.45, 2.75) is 25.4 Å². The molecule has 0 N–H and O–H groups in total. The molecule has 3 aromatic rings. The van der Waals surface area contributed by atoms with Gasteiger partial charge < -0.3 is 4.90 Å². The summed E-state index contributed by atoms with van der Waals surface area (Å²) in [5, 5.41) is 8.58. The van der Waals surface area contributed by atoms with Crippen LogP contribution in [0.5, 0.6) is 0 Å². The molecule has 3 heterocycles. The number of nitrogens with zero attached hydrogens (tertiary/aromatic N) is 5. The van der Waals surface area contributed by atoms with Gasteiger partial charge in [0, 0.05) is 37.0 Å². The molecule has 130 valence electrons. The summed E-state index contributed by atoms with van der Waals surface area (Å²) < 4.78 is 31.5. The largest absolute Gasteiger partial charge is 0.350 e. The van der Waals surface area contributed by atoms with E-state index in [2.05, 4.69) is 15.1 Å². The lowest BCUT2D eigenvalue weighted by Crippen LogP contribution is -2.26. The molecule has 0 amide bonds. The quantitative estimate of drug-likeness (QED) is 0.730. The van der Waals surface area contributed by atoms with Crippen molar-refractivity contribution in [1.29, 1.82) is 0 Å². The third kappa shape index (κ3) is 3.01. The van der Waals surface area contributed by atoms with E-state index in [1.165, 1.54) is 12.1 Å². The van der Waals surface area contributed by atoms with E-state index >= 15 is 0 Å². The monoisotopic (exact) mass is 343 g/mol. The number of aryl methyl sites for hydroxylation is 1. The number of hydrogen-bond acceptors (Lipinski definition) is 3. The zero-order valence-electron chi connectivity index (χ0n) is 13.9. The summed E-state index contributed by atoms with van der Waals surface area (Å²) in [7, 11) is 1.87. The Kier molecular flexibility index (Phi) is 3.99. The first-order valence-corrected chi connectivity index (χ1v) is 8.33. The fourth-order valence-electron chi connectivity index (χ4n) is 3.55. The molecule has 1 aliphatic heterocycles. The Morgan fingerprint density at radius 3 is 2.88 bits per heavy atom. The predicted octanol–water partition coefficient (Wildman–Crippen LogP) is 3.28. The van der Waals surface area contributed by atoms with E-state index in [9.17, 15) is 8.78 Å². The normalized spacial score (nSPS) is 17.4. The standard InChI is InChI=1S/C18H19F2N5/c1-23-11-13(10-22-23)12-25-18(6-7-21-25)24-8-2-3-17(24)15-9-14(19)4-5-16(15)20/h4-7,9-11,17H,2-3,8,12H2,1H3. The number of halogens is 2. The fourth-order valence-corrected chi connectivity index (χ4v) is 3.55. The SMILES string of the molecule is Cn1cc(Cn2nccc2N2CCCC2c2cc(F)ccc2F)cn1. The molecule has 0 spiro atoms. The van der Waals surface area contributed by atoms with Crippen LogP contribution in [0, 0.1) is 11.6 Å². The van der Waals surface area contributed by atoms with Gasteiger partial charge in [0.05, 0.1) is 25.0 Å². The molecule has 1 aliphatic rings. The maximum absolute atomic E-state index is 14.3. The van der Waals surface area contributed by atoms with Gasteiger partial charge in [-0.15, -0.1) is 0 Å². The van der Waals surface area contributed by atoms with Crippen molar-refractivity contribution in [3.05, 3.63) is 65.6 Å². The number of aromatic nitrogens is 4. The van der Waals surface area contributed by atoms with Crippen molar-refractivity contribution in [3.63, 3.8) is 0 Å². The summed E-state index contributed by atoms with van der Waals surface area (Å²) in [6.07, 6.45) is 7.21. The van der Waals surface area contributed by atoms with Crippen molar-refractivity contribution < 1.29 is 8.78 Å². The molecule has 0 aliphatic carbocycles. The second-order valence-electron chi connectivity index (χ2n) is 6.39. The Labute approximate surface area is 144 Å². The molecule has 1 fully saturated rings. The maximum atomic E-state index is 14.3. The van der Waals surface area contributed by atoms with Gasteiger partial charge in [-0.25, -0.2) is 13.5 Å². The number of anilines is 1. The Balaban J connectivity index is 1.65. The highest BCUT2D eigenvalue weighted by atomic mass is 19.1. The lowest BCUT2D eigenvalue weighted by atomic mass is 10.0. The van der Waals surface area contributed by atoms with E-state index in [1.807, 2.05) is 24.0 Å². The van der Waals surface area contributed by atoms with Gasteiger partial charge in [0.15, 0.2) is 0 Å². The van der Waals surface area contributed by atoms with Gasteiger partial charge >= 0.3 is 0 Å². The van der Waals surface area contributed by atoms with E-state index in [4.69, 9.17) is 0 Å². The van der Waals surface area contributed by atoms with Crippen LogP contribution in [0.2, 0.25) is 0 Å².